The summed E-state index contributed by atoms with van der Waals surface area (Å²) in [6.45, 7) is 5.16. The predicted octanol–water partition coefficient (Wildman–Crippen LogP) is 4.96. The molecule has 0 bridgehead atoms. The largest absolute Gasteiger partial charge is 0.391 e. The first-order valence-corrected chi connectivity index (χ1v) is 12.3. The molecule has 0 radical (unpaired) electrons. The third-order valence-corrected chi connectivity index (χ3v) is 6.46. The van der Waals surface area contributed by atoms with Gasteiger partial charge in [-0.1, -0.05) is 12.1 Å². The minimum atomic E-state index is -0.419. The number of rotatable bonds is 6. The van der Waals surface area contributed by atoms with Crippen LogP contribution in [-0.4, -0.2) is 39.3 Å². The van der Waals surface area contributed by atoms with Crippen molar-refractivity contribution in [3.63, 3.8) is 0 Å². The van der Waals surface area contributed by atoms with E-state index in [0.717, 1.165) is 33.6 Å². The maximum absolute atomic E-state index is 10.1. The van der Waals surface area contributed by atoms with E-state index < -0.39 is 6.10 Å². The van der Waals surface area contributed by atoms with Gasteiger partial charge in [0.15, 0.2) is 0 Å². The molecule has 0 amide bonds. The van der Waals surface area contributed by atoms with E-state index in [0.29, 0.717) is 48.5 Å². The summed E-state index contributed by atoms with van der Waals surface area (Å²) in [6, 6.07) is 23.0. The van der Waals surface area contributed by atoms with Crippen molar-refractivity contribution < 1.29 is 5.11 Å². The number of benzene rings is 3. The monoisotopic (exact) mass is 502 g/mol. The second kappa shape index (κ2) is 10.6. The molecule has 0 spiro atoms. The zero-order valence-corrected chi connectivity index (χ0v) is 21.1. The van der Waals surface area contributed by atoms with Crippen LogP contribution in [0.5, 0.6) is 0 Å². The fourth-order valence-corrected chi connectivity index (χ4v) is 4.48. The molecule has 9 nitrogen and oxygen atoms in total. The fourth-order valence-electron chi connectivity index (χ4n) is 4.48. The summed E-state index contributed by atoms with van der Waals surface area (Å²) in [5.41, 5.74) is 6.95. The van der Waals surface area contributed by atoms with Gasteiger partial charge in [0.1, 0.15) is 0 Å². The van der Waals surface area contributed by atoms with Gasteiger partial charge < -0.3 is 20.6 Å². The van der Waals surface area contributed by atoms with Crippen LogP contribution in [0.2, 0.25) is 0 Å². The van der Waals surface area contributed by atoms with Crippen LogP contribution in [0.15, 0.2) is 60.7 Å². The van der Waals surface area contributed by atoms with Gasteiger partial charge in [0.05, 0.1) is 29.4 Å². The number of aryl methyl sites for hydroxylation is 2. The van der Waals surface area contributed by atoms with E-state index in [9.17, 15) is 5.11 Å². The first kappa shape index (κ1) is 24.7. The standard InChI is InChI=1S/C29H26N8O/c1-18-13-23(22-7-3-20(15-30)4-8-22)14-19(2)26(18)33-28-34-27(32-24-9-5-21(16-31)6-10-24)35-29(36-28)37-12-11-25(38)17-37/h3-10,13-14,25,38H,11-12,17H2,1-2H3,(H2,32,33,34,35,36). The number of aliphatic hydroxyl groups is 1. The van der Waals surface area contributed by atoms with Gasteiger partial charge in [0.25, 0.3) is 0 Å². The van der Waals surface area contributed by atoms with E-state index >= 15 is 0 Å². The van der Waals surface area contributed by atoms with E-state index in [1.54, 1.807) is 24.3 Å². The Kier molecular flexibility index (Phi) is 6.86. The average molecular weight is 503 g/mol. The normalized spacial score (nSPS) is 14.6. The number of anilines is 5. The molecule has 38 heavy (non-hydrogen) atoms. The molecule has 1 aliphatic heterocycles. The lowest BCUT2D eigenvalue weighted by molar-refractivity contribution is 0.198. The third-order valence-electron chi connectivity index (χ3n) is 6.46. The second-order valence-electron chi connectivity index (χ2n) is 9.28. The highest BCUT2D eigenvalue weighted by Gasteiger charge is 2.24. The maximum Gasteiger partial charge on any atom is 0.233 e. The topological polar surface area (TPSA) is 134 Å². The highest BCUT2D eigenvalue weighted by atomic mass is 16.3. The van der Waals surface area contributed by atoms with Crippen molar-refractivity contribution in [1.82, 2.24) is 15.0 Å². The molecule has 1 fully saturated rings. The molecule has 1 atom stereocenters. The van der Waals surface area contributed by atoms with Crippen molar-refractivity contribution in [1.29, 1.82) is 10.5 Å². The number of aromatic nitrogens is 3. The van der Waals surface area contributed by atoms with Gasteiger partial charge in [-0.05, 0) is 91.1 Å². The molecule has 4 aromatic rings. The van der Waals surface area contributed by atoms with Gasteiger partial charge in [0, 0.05) is 24.5 Å². The lowest BCUT2D eigenvalue weighted by Crippen LogP contribution is -2.24. The fraction of sp³-hybridized carbons (Fsp3) is 0.207. The Morgan fingerprint density at radius 1 is 0.816 bits per heavy atom. The first-order chi connectivity index (χ1) is 18.4. The van der Waals surface area contributed by atoms with Gasteiger partial charge in [-0.25, -0.2) is 0 Å². The maximum atomic E-state index is 10.1. The Balaban J connectivity index is 1.46. The SMILES string of the molecule is Cc1cc(-c2ccc(C#N)cc2)cc(C)c1Nc1nc(Nc2ccc(C#N)cc2)nc(N2CCC(O)C2)n1. The molecule has 9 heteroatoms. The molecule has 1 unspecified atom stereocenters. The number of hydrogen-bond acceptors (Lipinski definition) is 9. The van der Waals surface area contributed by atoms with E-state index in [1.165, 1.54) is 0 Å². The predicted molar refractivity (Wildman–Crippen MR) is 146 cm³/mol. The summed E-state index contributed by atoms with van der Waals surface area (Å²) < 4.78 is 0. The minimum Gasteiger partial charge on any atom is -0.391 e. The van der Waals surface area contributed by atoms with E-state index in [-0.39, 0.29) is 0 Å². The average Bonchev–Trinajstić information content (AvgIpc) is 3.37. The number of hydrogen-bond donors (Lipinski definition) is 3. The molecule has 3 N–H and O–H groups in total. The molecule has 3 aromatic carbocycles. The lowest BCUT2D eigenvalue weighted by Gasteiger charge is -2.19. The van der Waals surface area contributed by atoms with Gasteiger partial charge in [0.2, 0.25) is 17.8 Å². The summed E-state index contributed by atoms with van der Waals surface area (Å²) >= 11 is 0. The molecular weight excluding hydrogens is 476 g/mol. The molecule has 2 heterocycles. The van der Waals surface area contributed by atoms with Crippen molar-refractivity contribution >= 4 is 29.2 Å². The highest BCUT2D eigenvalue weighted by Crippen LogP contribution is 2.31. The molecule has 5 rings (SSSR count). The van der Waals surface area contributed by atoms with Crippen molar-refractivity contribution in [2.75, 3.05) is 28.6 Å². The highest BCUT2D eigenvalue weighted by molar-refractivity contribution is 5.74. The van der Waals surface area contributed by atoms with Crippen LogP contribution in [0, 0.1) is 36.5 Å². The van der Waals surface area contributed by atoms with E-state index in [1.807, 2.05) is 43.0 Å². The Labute approximate surface area is 221 Å². The molecule has 0 saturated carbocycles. The van der Waals surface area contributed by atoms with Crippen molar-refractivity contribution in [3.05, 3.63) is 82.9 Å². The molecule has 1 saturated heterocycles. The van der Waals surface area contributed by atoms with Crippen LogP contribution in [-0.2, 0) is 0 Å². The summed E-state index contributed by atoms with van der Waals surface area (Å²) in [5, 5.41) is 34.8. The van der Waals surface area contributed by atoms with Crippen LogP contribution in [0.1, 0.15) is 28.7 Å². The number of β-amino-alcohol motifs (C(OH)–C–C–N with tert-alkyl or cyclic N) is 1. The minimum absolute atomic E-state index is 0.355. The van der Waals surface area contributed by atoms with Crippen LogP contribution in [0.3, 0.4) is 0 Å². The smallest absolute Gasteiger partial charge is 0.233 e. The van der Waals surface area contributed by atoms with Gasteiger partial charge in [-0.2, -0.15) is 25.5 Å². The number of nitriles is 2. The van der Waals surface area contributed by atoms with Crippen molar-refractivity contribution in [3.8, 4) is 23.3 Å². The zero-order valence-electron chi connectivity index (χ0n) is 21.1. The second-order valence-corrected chi connectivity index (χ2v) is 9.28. The summed E-state index contributed by atoms with van der Waals surface area (Å²) in [6.07, 6.45) is 0.236. The molecule has 1 aliphatic rings. The van der Waals surface area contributed by atoms with Gasteiger partial charge >= 0.3 is 0 Å². The molecule has 1 aromatic heterocycles. The number of aliphatic hydroxyl groups excluding tert-OH is 1. The summed E-state index contributed by atoms with van der Waals surface area (Å²) in [7, 11) is 0. The number of nitrogens with zero attached hydrogens (tertiary/aromatic N) is 6. The quantitative estimate of drug-likeness (QED) is 0.334. The Morgan fingerprint density at radius 3 is 1.95 bits per heavy atom. The van der Waals surface area contributed by atoms with Crippen LogP contribution < -0.4 is 15.5 Å². The van der Waals surface area contributed by atoms with Crippen LogP contribution >= 0.6 is 0 Å². The van der Waals surface area contributed by atoms with Crippen molar-refractivity contribution in [2.24, 2.45) is 0 Å². The molecule has 0 aliphatic carbocycles. The van der Waals surface area contributed by atoms with Gasteiger partial charge in [-0.15, -0.1) is 0 Å². The Hall–Kier alpha value is -4.99. The third kappa shape index (κ3) is 5.39. The van der Waals surface area contributed by atoms with E-state index in [2.05, 4.69) is 49.9 Å². The summed E-state index contributed by atoms with van der Waals surface area (Å²) in [5.74, 6) is 1.21. The van der Waals surface area contributed by atoms with E-state index in [4.69, 9.17) is 10.5 Å². The van der Waals surface area contributed by atoms with Crippen LogP contribution in [0.25, 0.3) is 11.1 Å². The summed E-state index contributed by atoms with van der Waals surface area (Å²) in [4.78, 5) is 15.8. The number of nitrogens with one attached hydrogen (secondary N) is 2. The Morgan fingerprint density at radius 2 is 1.39 bits per heavy atom. The van der Waals surface area contributed by atoms with Crippen LogP contribution in [0.4, 0.5) is 29.2 Å². The Bertz CT molecular complexity index is 1530. The van der Waals surface area contributed by atoms with Gasteiger partial charge in [-0.3, -0.25) is 0 Å². The first-order valence-electron chi connectivity index (χ1n) is 12.3. The zero-order chi connectivity index (χ0) is 26.6. The lowest BCUT2D eigenvalue weighted by atomic mass is 9.98. The van der Waals surface area contributed by atoms with Crippen molar-refractivity contribution in [2.45, 2.75) is 26.4 Å². The molecule has 188 valence electrons. The molecular formula is C29H26N8O.